The van der Waals surface area contributed by atoms with Gasteiger partial charge in [-0.2, -0.15) is 4.31 Å². The van der Waals surface area contributed by atoms with E-state index in [2.05, 4.69) is 0 Å². The molecule has 0 spiro atoms. The van der Waals surface area contributed by atoms with E-state index >= 15 is 0 Å². The predicted molar refractivity (Wildman–Crippen MR) is 79.1 cm³/mol. The van der Waals surface area contributed by atoms with Crippen LogP contribution in [0.5, 0.6) is 0 Å². The van der Waals surface area contributed by atoms with Crippen molar-refractivity contribution in [2.45, 2.75) is 37.6 Å². The molecule has 1 heterocycles. The number of nitrogens with two attached hydrogens (primary N) is 1. The maximum atomic E-state index is 12.5. The summed E-state index contributed by atoms with van der Waals surface area (Å²) < 4.78 is 26.6. The van der Waals surface area contributed by atoms with Crippen molar-refractivity contribution >= 4 is 22.4 Å². The molecule has 1 aromatic carbocycles. The van der Waals surface area contributed by atoms with Crippen molar-refractivity contribution < 1.29 is 8.42 Å². The minimum Gasteiger partial charge on any atom is -0.329 e. The standard InChI is InChI=1S/C13H20N2O2S.ClH/c1-10-5-6-13(8-11(10)2)18(16,17)15-7-3-4-12(15)9-14;/h5-6,8,12H,3-4,7,9,14H2,1-2H3;1H. The van der Waals surface area contributed by atoms with Gasteiger partial charge >= 0.3 is 0 Å². The average Bonchev–Trinajstić information content (AvgIpc) is 2.81. The molecular formula is C13H21ClN2O2S. The first-order chi connectivity index (χ1) is 8.46. The molecule has 4 nitrogen and oxygen atoms in total. The van der Waals surface area contributed by atoms with Gasteiger partial charge in [0.2, 0.25) is 10.0 Å². The van der Waals surface area contributed by atoms with E-state index in [9.17, 15) is 8.42 Å². The van der Waals surface area contributed by atoms with Crippen LogP contribution in [0.2, 0.25) is 0 Å². The van der Waals surface area contributed by atoms with Gasteiger partial charge in [-0.25, -0.2) is 8.42 Å². The number of nitrogens with zero attached hydrogens (tertiary/aromatic N) is 1. The van der Waals surface area contributed by atoms with Crippen LogP contribution >= 0.6 is 12.4 Å². The Bertz CT molecular complexity index is 546. The fourth-order valence-electron chi connectivity index (χ4n) is 2.37. The van der Waals surface area contributed by atoms with Crippen LogP contribution in [0.25, 0.3) is 0 Å². The van der Waals surface area contributed by atoms with Gasteiger partial charge in [0.05, 0.1) is 4.90 Å². The van der Waals surface area contributed by atoms with Crippen LogP contribution in [0.15, 0.2) is 23.1 Å². The quantitative estimate of drug-likeness (QED) is 0.927. The Morgan fingerprint density at radius 1 is 1.32 bits per heavy atom. The second kappa shape index (κ2) is 6.22. The second-order valence-electron chi connectivity index (χ2n) is 4.89. The highest BCUT2D eigenvalue weighted by atomic mass is 35.5. The summed E-state index contributed by atoms with van der Waals surface area (Å²) in [6, 6.07) is 5.24. The zero-order valence-electron chi connectivity index (χ0n) is 11.3. The molecule has 0 saturated carbocycles. The van der Waals surface area contributed by atoms with Crippen LogP contribution in [0.4, 0.5) is 0 Å². The molecule has 108 valence electrons. The highest BCUT2D eigenvalue weighted by molar-refractivity contribution is 7.89. The summed E-state index contributed by atoms with van der Waals surface area (Å²) in [7, 11) is -3.39. The molecule has 1 aromatic rings. The van der Waals surface area contributed by atoms with Crippen LogP contribution < -0.4 is 5.73 Å². The third kappa shape index (κ3) is 3.11. The summed E-state index contributed by atoms with van der Waals surface area (Å²) in [5, 5.41) is 0. The van der Waals surface area contributed by atoms with Gasteiger partial charge in [-0.05, 0) is 49.9 Å². The molecule has 1 saturated heterocycles. The Balaban J connectivity index is 0.00000180. The lowest BCUT2D eigenvalue weighted by atomic mass is 10.1. The fraction of sp³-hybridized carbons (Fsp3) is 0.538. The smallest absolute Gasteiger partial charge is 0.243 e. The van der Waals surface area contributed by atoms with E-state index in [4.69, 9.17) is 5.73 Å². The van der Waals surface area contributed by atoms with Gasteiger partial charge in [-0.15, -0.1) is 12.4 Å². The van der Waals surface area contributed by atoms with Gasteiger partial charge in [0, 0.05) is 19.1 Å². The first-order valence-corrected chi connectivity index (χ1v) is 7.70. The normalized spacial score (nSPS) is 20.3. The van der Waals surface area contributed by atoms with Crippen LogP contribution in [-0.4, -0.2) is 31.9 Å². The van der Waals surface area contributed by atoms with Crippen LogP contribution in [0.3, 0.4) is 0 Å². The third-order valence-electron chi connectivity index (χ3n) is 3.68. The summed E-state index contributed by atoms with van der Waals surface area (Å²) in [4.78, 5) is 0.381. The van der Waals surface area contributed by atoms with Crippen LogP contribution in [-0.2, 0) is 10.0 Å². The van der Waals surface area contributed by atoms with Crippen molar-refractivity contribution in [2.75, 3.05) is 13.1 Å². The van der Waals surface area contributed by atoms with Crippen molar-refractivity contribution in [3.8, 4) is 0 Å². The fourth-order valence-corrected chi connectivity index (χ4v) is 4.16. The number of benzene rings is 1. The number of rotatable bonds is 3. The molecule has 6 heteroatoms. The lowest BCUT2D eigenvalue weighted by molar-refractivity contribution is 0.393. The molecule has 1 fully saturated rings. The zero-order valence-corrected chi connectivity index (χ0v) is 12.9. The lowest BCUT2D eigenvalue weighted by Crippen LogP contribution is -2.39. The number of aryl methyl sites for hydroxylation is 2. The summed E-state index contributed by atoms with van der Waals surface area (Å²) in [5.74, 6) is 0. The zero-order chi connectivity index (χ0) is 13.3. The second-order valence-corrected chi connectivity index (χ2v) is 6.78. The first-order valence-electron chi connectivity index (χ1n) is 6.26. The average molecular weight is 305 g/mol. The Kier molecular flexibility index (Phi) is 5.38. The monoisotopic (exact) mass is 304 g/mol. The molecule has 0 aromatic heterocycles. The molecule has 1 aliphatic rings. The minimum absolute atomic E-state index is 0. The van der Waals surface area contributed by atoms with Crippen molar-refractivity contribution in [3.63, 3.8) is 0 Å². The Morgan fingerprint density at radius 3 is 2.58 bits per heavy atom. The molecule has 0 aliphatic carbocycles. The van der Waals surface area contributed by atoms with Crippen molar-refractivity contribution in [2.24, 2.45) is 5.73 Å². The summed E-state index contributed by atoms with van der Waals surface area (Å²) >= 11 is 0. The van der Waals surface area contributed by atoms with Gasteiger partial charge in [-0.3, -0.25) is 0 Å². The van der Waals surface area contributed by atoms with Gasteiger partial charge in [0.1, 0.15) is 0 Å². The number of halogens is 1. The van der Waals surface area contributed by atoms with E-state index in [1.54, 1.807) is 16.4 Å². The molecule has 0 bridgehead atoms. The molecule has 1 aliphatic heterocycles. The summed E-state index contributed by atoms with van der Waals surface area (Å²) in [6.45, 7) is 4.88. The van der Waals surface area contributed by atoms with E-state index in [0.717, 1.165) is 24.0 Å². The summed E-state index contributed by atoms with van der Waals surface area (Å²) in [5.41, 5.74) is 7.75. The lowest BCUT2D eigenvalue weighted by Gasteiger charge is -2.23. The Hall–Kier alpha value is -0.620. The van der Waals surface area contributed by atoms with E-state index in [1.165, 1.54) is 0 Å². The summed E-state index contributed by atoms with van der Waals surface area (Å²) in [6.07, 6.45) is 1.76. The number of hydrogen-bond donors (Lipinski definition) is 1. The van der Waals surface area contributed by atoms with Gasteiger partial charge in [0.25, 0.3) is 0 Å². The first kappa shape index (κ1) is 16.4. The minimum atomic E-state index is -3.39. The number of sulfonamides is 1. The SMILES string of the molecule is Cc1ccc(S(=O)(=O)N2CCCC2CN)cc1C.Cl. The van der Waals surface area contributed by atoms with Gasteiger partial charge in [-0.1, -0.05) is 6.07 Å². The molecule has 1 atom stereocenters. The Morgan fingerprint density at radius 2 is 2.00 bits per heavy atom. The highest BCUT2D eigenvalue weighted by Gasteiger charge is 2.34. The molecular weight excluding hydrogens is 284 g/mol. The maximum Gasteiger partial charge on any atom is 0.243 e. The Labute approximate surface area is 121 Å². The maximum absolute atomic E-state index is 12.5. The third-order valence-corrected chi connectivity index (χ3v) is 5.63. The van der Waals surface area contributed by atoms with Crippen molar-refractivity contribution in [1.82, 2.24) is 4.31 Å². The van der Waals surface area contributed by atoms with Gasteiger partial charge in [0.15, 0.2) is 0 Å². The molecule has 0 radical (unpaired) electrons. The van der Waals surface area contributed by atoms with E-state index in [1.807, 2.05) is 19.9 Å². The highest BCUT2D eigenvalue weighted by Crippen LogP contribution is 2.26. The number of hydrogen-bond acceptors (Lipinski definition) is 3. The van der Waals surface area contributed by atoms with E-state index in [0.29, 0.717) is 18.0 Å². The molecule has 19 heavy (non-hydrogen) atoms. The molecule has 2 N–H and O–H groups in total. The van der Waals surface area contributed by atoms with E-state index in [-0.39, 0.29) is 18.4 Å². The topological polar surface area (TPSA) is 63.4 Å². The van der Waals surface area contributed by atoms with Crippen LogP contribution in [0.1, 0.15) is 24.0 Å². The van der Waals surface area contributed by atoms with Crippen LogP contribution in [0, 0.1) is 13.8 Å². The molecule has 0 amide bonds. The van der Waals surface area contributed by atoms with Gasteiger partial charge < -0.3 is 5.73 Å². The molecule has 1 unspecified atom stereocenters. The largest absolute Gasteiger partial charge is 0.329 e. The van der Waals surface area contributed by atoms with E-state index < -0.39 is 10.0 Å². The van der Waals surface area contributed by atoms with Crippen molar-refractivity contribution in [3.05, 3.63) is 29.3 Å². The molecule has 2 rings (SSSR count). The predicted octanol–water partition coefficient (Wildman–Crippen LogP) is 1.84. The van der Waals surface area contributed by atoms with Crippen molar-refractivity contribution in [1.29, 1.82) is 0 Å².